The van der Waals surface area contributed by atoms with Crippen LogP contribution in [0, 0.1) is 0 Å². The van der Waals surface area contributed by atoms with Crippen molar-refractivity contribution in [2.45, 2.75) is 37.4 Å². The molecule has 0 aliphatic carbocycles. The van der Waals surface area contributed by atoms with Crippen LogP contribution in [0.3, 0.4) is 0 Å². The molecule has 0 saturated carbocycles. The fourth-order valence-electron chi connectivity index (χ4n) is 3.17. The van der Waals surface area contributed by atoms with E-state index in [1.54, 1.807) is 64.0 Å². The molecule has 0 atom stereocenters. The van der Waals surface area contributed by atoms with Gasteiger partial charge in [-0.05, 0) is 32.4 Å². The first-order valence-corrected chi connectivity index (χ1v) is 17.2. The maximum absolute atomic E-state index is 10.4. The second-order valence-corrected chi connectivity index (χ2v) is 16.5. The quantitative estimate of drug-likeness (QED) is 0.136. The number of hydrogen-bond acceptors (Lipinski definition) is 11. The summed E-state index contributed by atoms with van der Waals surface area (Å²) in [7, 11) is 7.15. The minimum absolute atomic E-state index is 0.500. The number of primary amides is 1. The van der Waals surface area contributed by atoms with Gasteiger partial charge in [0.1, 0.15) is 0 Å². The lowest BCUT2D eigenvalue weighted by Crippen LogP contribution is -2.43. The molecule has 0 aromatic heterocycles. The molecule has 0 saturated heterocycles. The zero-order valence-corrected chi connectivity index (χ0v) is 26.0. The van der Waals surface area contributed by atoms with Gasteiger partial charge in [-0.1, -0.05) is 0 Å². The van der Waals surface area contributed by atoms with Crippen LogP contribution < -0.4 is 16.4 Å². The summed E-state index contributed by atoms with van der Waals surface area (Å²) in [5, 5.41) is 5.87. The predicted molar refractivity (Wildman–Crippen MR) is 139 cm³/mol. The molecule has 212 valence electrons. The number of urea groups is 1. The molecular weight excluding hydrogens is 514 g/mol. The summed E-state index contributed by atoms with van der Waals surface area (Å²) in [4.78, 5) is 10.4. The lowest BCUT2D eigenvalue weighted by molar-refractivity contribution is 0.122. The van der Waals surface area contributed by atoms with E-state index >= 15 is 0 Å². The molecule has 0 radical (unpaired) electrons. The Kier molecular flexibility index (Phi) is 22.6. The molecule has 0 aliphatic rings. The fraction of sp³-hybridized carbons (Fsp3) is 0.947. The molecule has 16 heteroatoms. The summed E-state index contributed by atoms with van der Waals surface area (Å²) < 4.78 is 47.8. The maximum atomic E-state index is 10.4. The van der Waals surface area contributed by atoms with Gasteiger partial charge in [-0.2, -0.15) is 0 Å². The summed E-state index contributed by atoms with van der Waals surface area (Å²) in [6.07, 6.45) is 2.61. The first kappa shape index (κ1) is 36.7. The fourth-order valence-corrected chi connectivity index (χ4v) is 8.34. The van der Waals surface area contributed by atoms with Crippen molar-refractivity contribution < 1.29 is 44.6 Å². The minimum atomic E-state index is -2.48. The van der Waals surface area contributed by atoms with Gasteiger partial charge in [0, 0.05) is 88.7 Å². The third kappa shape index (κ3) is 15.4. The van der Waals surface area contributed by atoms with Crippen molar-refractivity contribution in [1.82, 2.24) is 10.6 Å². The van der Waals surface area contributed by atoms with Gasteiger partial charge in [0.15, 0.2) is 0 Å². The zero-order valence-electron chi connectivity index (χ0n) is 23.0. The van der Waals surface area contributed by atoms with Crippen LogP contribution in [0.25, 0.3) is 0 Å². The Hall–Kier alpha value is -0.479. The standard InChI is InChI=1S/C12H31NO6Si2.C7H18N2O4Si/c1-14-20(15-2,16-3)11-7-9-13-10-8-12-21(17-4,18-5)19-6;1-11-14(12-2,13-3)6-4-5-9-7(8)10/h13H,7-12H2,1-6H3;4-6H2,1-3H3,(H3,8,9,10). The van der Waals surface area contributed by atoms with Gasteiger partial charge >= 0.3 is 32.4 Å². The highest BCUT2D eigenvalue weighted by Crippen LogP contribution is 2.16. The molecule has 4 N–H and O–H groups in total. The van der Waals surface area contributed by atoms with Crippen molar-refractivity contribution in [2.75, 3.05) is 83.6 Å². The van der Waals surface area contributed by atoms with Crippen LogP contribution in [0.5, 0.6) is 0 Å². The molecule has 0 spiro atoms. The zero-order chi connectivity index (χ0) is 27.2. The summed E-state index contributed by atoms with van der Waals surface area (Å²) in [5.41, 5.74) is 4.91. The Morgan fingerprint density at radius 1 is 0.543 bits per heavy atom. The smallest absolute Gasteiger partial charge is 0.377 e. The summed E-state index contributed by atoms with van der Waals surface area (Å²) in [6.45, 7) is 2.29. The number of rotatable bonds is 21. The van der Waals surface area contributed by atoms with Gasteiger partial charge in [0.05, 0.1) is 0 Å². The highest BCUT2D eigenvalue weighted by molar-refractivity contribution is 6.61. The van der Waals surface area contributed by atoms with Crippen molar-refractivity contribution in [3.63, 3.8) is 0 Å². The number of carbonyl (C=O) groups excluding carboxylic acids is 1. The van der Waals surface area contributed by atoms with Crippen molar-refractivity contribution in [2.24, 2.45) is 5.73 Å². The van der Waals surface area contributed by atoms with E-state index < -0.39 is 32.4 Å². The Labute approximate surface area is 214 Å². The first-order valence-electron chi connectivity index (χ1n) is 11.4. The van der Waals surface area contributed by atoms with E-state index in [4.69, 9.17) is 45.6 Å². The van der Waals surface area contributed by atoms with Crippen molar-refractivity contribution in [1.29, 1.82) is 0 Å². The van der Waals surface area contributed by atoms with E-state index in [0.717, 1.165) is 38.0 Å². The van der Waals surface area contributed by atoms with Gasteiger partial charge in [0.2, 0.25) is 0 Å². The van der Waals surface area contributed by atoms with Gasteiger partial charge in [-0.15, -0.1) is 0 Å². The van der Waals surface area contributed by atoms with Gasteiger partial charge < -0.3 is 56.2 Å². The van der Waals surface area contributed by atoms with Crippen molar-refractivity contribution in [3.8, 4) is 0 Å². The second-order valence-electron chi connectivity index (χ2n) is 7.24. The number of hydrogen-bond donors (Lipinski definition) is 3. The number of carbonyl (C=O) groups is 1. The van der Waals surface area contributed by atoms with E-state index in [1.807, 2.05) is 0 Å². The normalized spacial score (nSPS) is 12.3. The second kappa shape index (κ2) is 21.6. The Balaban J connectivity index is 0. The monoisotopic (exact) mass is 563 g/mol. The Morgan fingerprint density at radius 3 is 1.03 bits per heavy atom. The van der Waals surface area contributed by atoms with E-state index in [2.05, 4.69) is 10.6 Å². The lowest BCUT2D eigenvalue weighted by Gasteiger charge is -2.25. The molecule has 0 bridgehead atoms. The third-order valence-electron chi connectivity index (χ3n) is 5.43. The SMILES string of the molecule is CO[Si](CCCNC(N)=O)(OC)OC.CO[Si](CCCNCCC[Si](OC)(OC)OC)(OC)OC. The molecule has 13 nitrogen and oxygen atoms in total. The van der Waals surface area contributed by atoms with Crippen LogP contribution in [-0.2, 0) is 39.8 Å². The number of amides is 2. The van der Waals surface area contributed by atoms with E-state index in [1.165, 1.54) is 0 Å². The molecule has 35 heavy (non-hydrogen) atoms. The Bertz CT molecular complexity index is 466. The maximum Gasteiger partial charge on any atom is 0.500 e. The van der Waals surface area contributed by atoms with Crippen LogP contribution in [0.15, 0.2) is 0 Å². The summed E-state index contributed by atoms with van der Waals surface area (Å²) >= 11 is 0. The molecule has 0 fully saturated rings. The number of nitrogens with two attached hydrogens (primary N) is 1. The molecule has 0 rings (SSSR count). The first-order chi connectivity index (χ1) is 16.7. The molecule has 0 aromatic rings. The van der Waals surface area contributed by atoms with E-state index in [9.17, 15) is 4.79 Å². The third-order valence-corrected chi connectivity index (χ3v) is 13.9. The molecule has 2 amide bonds. The topological polar surface area (TPSA) is 150 Å². The minimum Gasteiger partial charge on any atom is -0.377 e. The molecular formula is C19H49N3O10Si3. The predicted octanol–water partition coefficient (Wildman–Crippen LogP) is 1.04. The van der Waals surface area contributed by atoms with E-state index in [-0.39, 0.29) is 0 Å². The van der Waals surface area contributed by atoms with Crippen LogP contribution in [0.1, 0.15) is 19.3 Å². The summed E-state index contributed by atoms with van der Waals surface area (Å²) in [5.74, 6) is 0. The lowest BCUT2D eigenvalue weighted by atomic mass is 10.4. The van der Waals surface area contributed by atoms with Crippen LogP contribution in [0.4, 0.5) is 4.79 Å². The largest absolute Gasteiger partial charge is 0.500 e. The van der Waals surface area contributed by atoms with Crippen LogP contribution in [0.2, 0.25) is 18.1 Å². The highest BCUT2D eigenvalue weighted by atomic mass is 28.4. The summed E-state index contributed by atoms with van der Waals surface area (Å²) in [6, 6.07) is 1.73. The van der Waals surface area contributed by atoms with E-state index in [0.29, 0.717) is 19.0 Å². The molecule has 0 unspecified atom stereocenters. The average Bonchev–Trinajstić information content (AvgIpc) is 2.89. The van der Waals surface area contributed by atoms with Gasteiger partial charge in [0.25, 0.3) is 0 Å². The number of nitrogens with one attached hydrogen (secondary N) is 2. The molecule has 0 aromatic carbocycles. The average molecular weight is 564 g/mol. The van der Waals surface area contributed by atoms with Crippen molar-refractivity contribution >= 4 is 32.4 Å². The van der Waals surface area contributed by atoms with Crippen LogP contribution >= 0.6 is 0 Å². The Morgan fingerprint density at radius 2 is 0.800 bits per heavy atom. The van der Waals surface area contributed by atoms with Crippen molar-refractivity contribution in [3.05, 3.63) is 0 Å². The van der Waals surface area contributed by atoms with Gasteiger partial charge in [-0.3, -0.25) is 0 Å². The van der Waals surface area contributed by atoms with Gasteiger partial charge in [-0.25, -0.2) is 4.79 Å². The molecule has 0 aliphatic heterocycles. The molecule has 0 heterocycles. The highest BCUT2D eigenvalue weighted by Gasteiger charge is 2.38. The van der Waals surface area contributed by atoms with Crippen LogP contribution in [-0.4, -0.2) is 116 Å².